The first kappa shape index (κ1) is 16.5. The van der Waals surface area contributed by atoms with Crippen molar-refractivity contribution in [3.63, 3.8) is 0 Å². The smallest absolute Gasteiger partial charge is 0.259 e. The van der Waals surface area contributed by atoms with E-state index in [1.165, 1.54) is 35.8 Å². The number of hydrazone groups is 1. The Morgan fingerprint density at radius 3 is 2.73 bits per heavy atom. The third kappa shape index (κ3) is 4.84. The van der Waals surface area contributed by atoms with Crippen LogP contribution in [0.2, 0.25) is 10.0 Å². The van der Waals surface area contributed by atoms with Crippen molar-refractivity contribution in [2.24, 2.45) is 5.10 Å². The maximum Gasteiger partial charge on any atom is 0.259 e. The summed E-state index contributed by atoms with van der Waals surface area (Å²) in [5, 5.41) is 8.79. The van der Waals surface area contributed by atoms with Crippen molar-refractivity contribution >= 4 is 52.6 Å². The van der Waals surface area contributed by atoms with Gasteiger partial charge in [-0.1, -0.05) is 29.3 Å². The summed E-state index contributed by atoms with van der Waals surface area (Å²) in [4.78, 5) is 24.3. The second-order valence-corrected chi connectivity index (χ2v) is 5.91. The van der Waals surface area contributed by atoms with Crippen molar-refractivity contribution in [3.05, 3.63) is 56.2 Å². The lowest BCUT2D eigenvalue weighted by Crippen LogP contribution is -2.34. The average molecular weight is 356 g/mol. The number of thiophene rings is 1. The Morgan fingerprint density at radius 1 is 1.23 bits per heavy atom. The van der Waals surface area contributed by atoms with Gasteiger partial charge in [0.15, 0.2) is 0 Å². The molecule has 0 bridgehead atoms. The molecule has 0 saturated heterocycles. The van der Waals surface area contributed by atoms with Crippen LogP contribution in [0.15, 0.2) is 40.8 Å². The van der Waals surface area contributed by atoms with E-state index < -0.39 is 11.8 Å². The van der Waals surface area contributed by atoms with Gasteiger partial charge in [-0.15, -0.1) is 11.3 Å². The number of nitrogens with zero attached hydrogens (tertiary/aromatic N) is 1. The van der Waals surface area contributed by atoms with Gasteiger partial charge < -0.3 is 5.32 Å². The molecule has 1 aromatic carbocycles. The molecule has 0 aliphatic carbocycles. The van der Waals surface area contributed by atoms with E-state index in [4.69, 9.17) is 23.2 Å². The molecule has 0 atom stereocenters. The number of hydrogen-bond donors (Lipinski definition) is 2. The molecule has 2 amide bonds. The van der Waals surface area contributed by atoms with E-state index >= 15 is 0 Å². The Morgan fingerprint density at radius 2 is 2.05 bits per heavy atom. The fourth-order valence-corrected chi connectivity index (χ4v) is 2.36. The van der Waals surface area contributed by atoms with Gasteiger partial charge in [0.05, 0.1) is 22.8 Å². The summed E-state index contributed by atoms with van der Waals surface area (Å²) in [5.41, 5.74) is 2.65. The van der Waals surface area contributed by atoms with Crippen LogP contribution in [-0.4, -0.2) is 24.6 Å². The predicted octanol–water partition coefficient (Wildman–Crippen LogP) is 2.94. The number of halogens is 2. The van der Waals surface area contributed by atoms with Gasteiger partial charge in [-0.3, -0.25) is 9.59 Å². The van der Waals surface area contributed by atoms with Crippen molar-refractivity contribution in [1.82, 2.24) is 10.7 Å². The minimum atomic E-state index is -0.429. The Labute approximate surface area is 140 Å². The minimum absolute atomic E-state index is 0.194. The molecule has 0 unspecified atom stereocenters. The monoisotopic (exact) mass is 355 g/mol. The largest absolute Gasteiger partial charge is 0.343 e. The zero-order valence-corrected chi connectivity index (χ0v) is 13.5. The number of carbonyl (C=O) groups is 2. The Bertz CT molecular complexity index is 702. The van der Waals surface area contributed by atoms with Gasteiger partial charge in [-0.25, -0.2) is 5.43 Å². The fraction of sp³-hybridized carbons (Fsp3) is 0.0714. The number of hydrogen-bond acceptors (Lipinski definition) is 4. The third-order valence-corrected chi connectivity index (χ3v) is 4.06. The van der Waals surface area contributed by atoms with E-state index in [1.807, 2.05) is 17.5 Å². The van der Waals surface area contributed by atoms with Crippen LogP contribution in [0.25, 0.3) is 0 Å². The lowest BCUT2D eigenvalue weighted by molar-refractivity contribution is -0.120. The third-order valence-electron chi connectivity index (χ3n) is 2.52. The highest BCUT2D eigenvalue weighted by atomic mass is 35.5. The first-order valence-electron chi connectivity index (χ1n) is 6.15. The first-order chi connectivity index (χ1) is 10.6. The second-order valence-electron chi connectivity index (χ2n) is 4.12. The number of carbonyl (C=O) groups excluding carboxylic acids is 2. The zero-order chi connectivity index (χ0) is 15.9. The number of benzene rings is 1. The molecule has 0 fully saturated rings. The van der Waals surface area contributed by atoms with Gasteiger partial charge in [0.2, 0.25) is 0 Å². The van der Waals surface area contributed by atoms with Crippen LogP contribution in [0, 0.1) is 0 Å². The molecule has 114 valence electrons. The molecule has 5 nitrogen and oxygen atoms in total. The van der Waals surface area contributed by atoms with E-state index in [2.05, 4.69) is 15.8 Å². The van der Waals surface area contributed by atoms with Crippen LogP contribution >= 0.6 is 34.5 Å². The molecule has 22 heavy (non-hydrogen) atoms. The molecule has 0 saturated carbocycles. The topological polar surface area (TPSA) is 70.6 Å². The summed E-state index contributed by atoms with van der Waals surface area (Å²) in [5.74, 6) is -0.850. The molecule has 0 aliphatic rings. The lowest BCUT2D eigenvalue weighted by atomic mass is 10.2. The van der Waals surface area contributed by atoms with Crippen LogP contribution < -0.4 is 10.7 Å². The van der Waals surface area contributed by atoms with Gasteiger partial charge in [-0.2, -0.15) is 5.10 Å². The van der Waals surface area contributed by atoms with Crippen molar-refractivity contribution in [1.29, 1.82) is 0 Å². The molecule has 1 heterocycles. The highest BCUT2D eigenvalue weighted by Crippen LogP contribution is 2.22. The first-order valence-corrected chi connectivity index (χ1v) is 7.78. The number of rotatable bonds is 5. The van der Waals surface area contributed by atoms with E-state index in [9.17, 15) is 9.59 Å². The molecule has 1 aromatic heterocycles. The van der Waals surface area contributed by atoms with E-state index in [0.29, 0.717) is 10.6 Å². The molecule has 0 radical (unpaired) electrons. The highest BCUT2D eigenvalue weighted by Gasteiger charge is 2.09. The normalized spacial score (nSPS) is 10.6. The summed E-state index contributed by atoms with van der Waals surface area (Å²) in [6.45, 7) is -0.194. The summed E-state index contributed by atoms with van der Waals surface area (Å²) < 4.78 is 0. The Kier molecular flexibility index (Phi) is 5.94. The SMILES string of the molecule is O=C(CNC(=O)c1ccc(Cl)c(Cl)c1)N/N=C\c1cccs1. The number of amides is 2. The molecular formula is C14H11Cl2N3O2S. The van der Waals surface area contributed by atoms with Crippen molar-refractivity contribution in [2.45, 2.75) is 0 Å². The summed E-state index contributed by atoms with van der Waals surface area (Å²) in [6.07, 6.45) is 1.53. The van der Waals surface area contributed by atoms with Crippen molar-refractivity contribution in [3.8, 4) is 0 Å². The van der Waals surface area contributed by atoms with Gasteiger partial charge in [0, 0.05) is 10.4 Å². The van der Waals surface area contributed by atoms with Crippen LogP contribution in [0.1, 0.15) is 15.2 Å². The molecule has 2 rings (SSSR count). The van der Waals surface area contributed by atoms with Gasteiger partial charge in [0.25, 0.3) is 11.8 Å². The number of nitrogens with one attached hydrogen (secondary N) is 2. The van der Waals surface area contributed by atoms with Gasteiger partial charge >= 0.3 is 0 Å². The summed E-state index contributed by atoms with van der Waals surface area (Å²) >= 11 is 13.1. The van der Waals surface area contributed by atoms with Crippen LogP contribution in [0.4, 0.5) is 0 Å². The molecule has 2 aromatic rings. The van der Waals surface area contributed by atoms with Crippen molar-refractivity contribution < 1.29 is 9.59 Å². The van der Waals surface area contributed by atoms with E-state index in [1.54, 1.807) is 0 Å². The van der Waals surface area contributed by atoms with Gasteiger partial charge in [-0.05, 0) is 29.6 Å². The second kappa shape index (κ2) is 7.93. The molecule has 8 heteroatoms. The van der Waals surface area contributed by atoms with Crippen LogP contribution in [-0.2, 0) is 4.79 Å². The van der Waals surface area contributed by atoms with E-state index in [0.717, 1.165) is 4.88 Å². The maximum atomic E-state index is 11.8. The van der Waals surface area contributed by atoms with Crippen LogP contribution in [0.5, 0.6) is 0 Å². The molecule has 2 N–H and O–H groups in total. The summed E-state index contributed by atoms with van der Waals surface area (Å²) in [7, 11) is 0. The van der Waals surface area contributed by atoms with Crippen molar-refractivity contribution in [2.75, 3.05) is 6.54 Å². The van der Waals surface area contributed by atoms with Crippen LogP contribution in [0.3, 0.4) is 0 Å². The maximum absolute atomic E-state index is 11.8. The molecule has 0 aliphatic heterocycles. The Balaban J connectivity index is 1.80. The predicted molar refractivity (Wildman–Crippen MR) is 88.9 cm³/mol. The highest BCUT2D eigenvalue weighted by molar-refractivity contribution is 7.11. The quantitative estimate of drug-likeness (QED) is 0.639. The average Bonchev–Trinajstić information content (AvgIpc) is 3.01. The standard InChI is InChI=1S/C14H11Cl2N3O2S/c15-11-4-3-9(6-12(11)16)14(21)17-8-13(20)19-18-7-10-2-1-5-22-10/h1-7H,8H2,(H,17,21)(H,19,20)/b18-7-. The molecular weight excluding hydrogens is 345 g/mol. The summed E-state index contributed by atoms with van der Waals surface area (Å²) in [6, 6.07) is 8.23. The Hall–Kier alpha value is -1.89. The minimum Gasteiger partial charge on any atom is -0.343 e. The molecule has 0 spiro atoms. The van der Waals surface area contributed by atoms with E-state index in [-0.39, 0.29) is 11.6 Å². The lowest BCUT2D eigenvalue weighted by Gasteiger charge is -2.05. The zero-order valence-electron chi connectivity index (χ0n) is 11.2. The fourth-order valence-electron chi connectivity index (χ4n) is 1.47. The van der Waals surface area contributed by atoms with Gasteiger partial charge in [0.1, 0.15) is 0 Å².